The van der Waals surface area contributed by atoms with Gasteiger partial charge in [0.15, 0.2) is 0 Å². The Hall–Kier alpha value is -1.09. The zero-order valence-corrected chi connectivity index (χ0v) is 29.7. The van der Waals surface area contributed by atoms with E-state index in [2.05, 4.69) is 54.4 Å². The maximum Gasteiger partial charge on any atom is 0.236 e. The molecule has 0 spiro atoms. The van der Waals surface area contributed by atoms with Gasteiger partial charge >= 0.3 is 0 Å². The molecule has 11 nitrogen and oxygen atoms in total. The molecule has 0 aromatic heterocycles. The van der Waals surface area contributed by atoms with Crippen LogP contribution in [0.1, 0.15) is 48.5 Å². The van der Waals surface area contributed by atoms with Crippen LogP contribution in [0.5, 0.6) is 0 Å². The summed E-state index contributed by atoms with van der Waals surface area (Å²) in [7, 11) is 0. The Balaban J connectivity index is 4.99. The van der Waals surface area contributed by atoms with Crippen LogP contribution in [-0.4, -0.2) is 112 Å². The fourth-order valence-electron chi connectivity index (χ4n) is 3.06. The quantitative estimate of drug-likeness (QED) is 0.0785. The predicted octanol–water partition coefficient (Wildman–Crippen LogP) is 2.98. The summed E-state index contributed by atoms with van der Waals surface area (Å²) in [6.07, 6.45) is 1.69. The van der Waals surface area contributed by atoms with E-state index >= 15 is 0 Å². The van der Waals surface area contributed by atoms with E-state index in [4.69, 9.17) is 23.7 Å². The molecular weight excluding hydrogens is 678 g/mol. The first kappa shape index (κ1) is 40.9. The SMILES string of the molecule is C=CCOCCOCCOCCOCCOCC(CNC(=O)C(C)(C)C)(CNC(=O)C(C)(C)Br)CNC(=O)C(C)(C)Br. The monoisotopic (exact) mass is 729 g/mol. The molecule has 246 valence electrons. The van der Waals surface area contributed by atoms with E-state index in [1.165, 1.54) is 0 Å². The van der Waals surface area contributed by atoms with Crippen LogP contribution >= 0.6 is 31.9 Å². The molecule has 0 unspecified atom stereocenters. The molecule has 0 radical (unpaired) electrons. The first-order valence-electron chi connectivity index (χ1n) is 14.2. The minimum absolute atomic E-state index is 0.150. The first-order chi connectivity index (χ1) is 19.4. The topological polar surface area (TPSA) is 133 Å². The van der Waals surface area contributed by atoms with Crippen molar-refractivity contribution in [2.24, 2.45) is 10.8 Å². The largest absolute Gasteiger partial charge is 0.378 e. The third-order valence-corrected chi connectivity index (χ3v) is 6.49. The van der Waals surface area contributed by atoms with Gasteiger partial charge in [-0.05, 0) is 27.7 Å². The molecule has 0 aliphatic carbocycles. The lowest BCUT2D eigenvalue weighted by atomic mass is 9.86. The predicted molar refractivity (Wildman–Crippen MR) is 171 cm³/mol. The lowest BCUT2D eigenvalue weighted by Crippen LogP contribution is -2.57. The second-order valence-electron chi connectivity index (χ2n) is 12.0. The zero-order chi connectivity index (χ0) is 32.3. The summed E-state index contributed by atoms with van der Waals surface area (Å²) < 4.78 is 26.1. The smallest absolute Gasteiger partial charge is 0.236 e. The van der Waals surface area contributed by atoms with Crippen molar-refractivity contribution in [1.82, 2.24) is 16.0 Å². The Bertz CT molecular complexity index is 734. The summed E-state index contributed by atoms with van der Waals surface area (Å²) in [5, 5.41) is 8.86. The molecule has 42 heavy (non-hydrogen) atoms. The van der Waals surface area contributed by atoms with Crippen LogP contribution in [-0.2, 0) is 38.1 Å². The molecule has 0 fully saturated rings. The molecule has 0 bridgehead atoms. The van der Waals surface area contributed by atoms with Crippen LogP contribution in [0, 0.1) is 10.8 Å². The van der Waals surface area contributed by atoms with Gasteiger partial charge in [0.1, 0.15) is 0 Å². The summed E-state index contributed by atoms with van der Waals surface area (Å²) in [6.45, 7) is 20.5. The van der Waals surface area contributed by atoms with E-state index in [1.807, 2.05) is 20.8 Å². The van der Waals surface area contributed by atoms with Crippen molar-refractivity contribution >= 4 is 49.6 Å². The Kier molecular flexibility index (Phi) is 20.3. The van der Waals surface area contributed by atoms with E-state index < -0.39 is 19.5 Å². The third kappa shape index (κ3) is 20.0. The number of carbonyl (C=O) groups excluding carboxylic acids is 3. The van der Waals surface area contributed by atoms with E-state index in [-0.39, 0.29) is 50.6 Å². The Morgan fingerprint density at radius 2 is 0.929 bits per heavy atom. The molecular formula is C29H53Br2N3O8. The van der Waals surface area contributed by atoms with E-state index in [0.717, 1.165) is 0 Å². The third-order valence-electron chi connectivity index (χ3n) is 5.76. The number of hydrogen-bond acceptors (Lipinski definition) is 8. The van der Waals surface area contributed by atoms with Gasteiger partial charge in [-0.15, -0.1) is 6.58 Å². The molecule has 3 amide bonds. The second-order valence-corrected chi connectivity index (χ2v) is 16.0. The van der Waals surface area contributed by atoms with Gasteiger partial charge < -0.3 is 39.6 Å². The van der Waals surface area contributed by atoms with Crippen molar-refractivity contribution in [1.29, 1.82) is 0 Å². The summed E-state index contributed by atoms with van der Waals surface area (Å²) in [6, 6.07) is 0. The average Bonchev–Trinajstić information content (AvgIpc) is 2.89. The van der Waals surface area contributed by atoms with Crippen molar-refractivity contribution in [2.75, 3.05) is 85.7 Å². The van der Waals surface area contributed by atoms with Crippen LogP contribution in [0.3, 0.4) is 0 Å². The number of amides is 3. The van der Waals surface area contributed by atoms with Crippen LogP contribution in [0.4, 0.5) is 0 Å². The molecule has 3 N–H and O–H groups in total. The van der Waals surface area contributed by atoms with Crippen molar-refractivity contribution in [3.8, 4) is 0 Å². The molecule has 0 aromatic carbocycles. The molecule has 0 heterocycles. The van der Waals surface area contributed by atoms with Crippen LogP contribution in [0.15, 0.2) is 12.7 Å². The Labute approximate surface area is 269 Å². The number of alkyl halides is 2. The minimum Gasteiger partial charge on any atom is -0.378 e. The first-order valence-corrected chi connectivity index (χ1v) is 15.8. The summed E-state index contributed by atoms with van der Waals surface area (Å²) in [4.78, 5) is 38.1. The molecule has 0 rings (SSSR count). The van der Waals surface area contributed by atoms with Gasteiger partial charge in [-0.1, -0.05) is 58.7 Å². The molecule has 0 aliphatic heterocycles. The fraction of sp³-hybridized carbons (Fsp3) is 0.828. The normalized spacial score (nSPS) is 12.6. The lowest BCUT2D eigenvalue weighted by Gasteiger charge is -2.36. The maximum absolute atomic E-state index is 12.7. The van der Waals surface area contributed by atoms with Gasteiger partial charge in [-0.2, -0.15) is 0 Å². The number of halogens is 2. The van der Waals surface area contributed by atoms with Gasteiger partial charge in [0.25, 0.3) is 0 Å². The molecule has 0 aromatic rings. The molecule has 0 saturated carbocycles. The van der Waals surface area contributed by atoms with Crippen molar-refractivity contribution < 1.29 is 38.1 Å². The van der Waals surface area contributed by atoms with Crippen molar-refractivity contribution in [3.63, 3.8) is 0 Å². The molecule has 13 heteroatoms. The second kappa shape index (κ2) is 20.8. The van der Waals surface area contributed by atoms with Gasteiger partial charge in [0.2, 0.25) is 17.7 Å². The molecule has 0 saturated heterocycles. The number of hydrogen-bond donors (Lipinski definition) is 3. The average molecular weight is 732 g/mol. The fourth-order valence-corrected chi connectivity index (χ4v) is 3.34. The minimum atomic E-state index is -0.831. The number of nitrogens with one attached hydrogen (secondary N) is 3. The van der Waals surface area contributed by atoms with Gasteiger partial charge in [-0.3, -0.25) is 14.4 Å². The highest BCUT2D eigenvalue weighted by Crippen LogP contribution is 2.22. The van der Waals surface area contributed by atoms with Gasteiger partial charge in [0.05, 0.1) is 74.7 Å². The highest BCUT2D eigenvalue weighted by atomic mass is 79.9. The Morgan fingerprint density at radius 3 is 1.26 bits per heavy atom. The zero-order valence-electron chi connectivity index (χ0n) is 26.5. The number of carbonyl (C=O) groups is 3. The van der Waals surface area contributed by atoms with Gasteiger partial charge in [0, 0.05) is 30.5 Å². The maximum atomic E-state index is 12.7. The van der Waals surface area contributed by atoms with Crippen LogP contribution < -0.4 is 16.0 Å². The van der Waals surface area contributed by atoms with E-state index in [0.29, 0.717) is 52.9 Å². The number of ether oxygens (including phenoxy) is 5. The van der Waals surface area contributed by atoms with E-state index in [9.17, 15) is 14.4 Å². The van der Waals surface area contributed by atoms with Crippen molar-refractivity contribution in [2.45, 2.75) is 57.1 Å². The van der Waals surface area contributed by atoms with Crippen LogP contribution in [0.2, 0.25) is 0 Å². The molecule has 0 aliphatic rings. The van der Waals surface area contributed by atoms with Gasteiger partial charge in [-0.25, -0.2) is 0 Å². The summed E-state index contributed by atoms with van der Waals surface area (Å²) >= 11 is 6.76. The summed E-state index contributed by atoms with van der Waals surface area (Å²) in [5.41, 5.74) is -1.45. The standard InChI is InChI=1S/C29H53Br2N3O8/c1-9-10-38-11-12-39-13-14-40-15-16-41-17-18-42-22-29(19-32-23(35)26(2,3)4,20-33-24(36)27(5,6)30)21-34-25(37)28(7,8)31/h9H,1,10-22H2,2-8H3,(H,32,35)(H,33,36)(H,34,37). The lowest BCUT2D eigenvalue weighted by molar-refractivity contribution is -0.129. The molecule has 0 atom stereocenters. The highest BCUT2D eigenvalue weighted by Gasteiger charge is 2.37. The summed E-state index contributed by atoms with van der Waals surface area (Å²) in [5.74, 6) is -0.604. The van der Waals surface area contributed by atoms with E-state index in [1.54, 1.807) is 33.8 Å². The highest BCUT2D eigenvalue weighted by molar-refractivity contribution is 9.10. The van der Waals surface area contributed by atoms with Crippen LogP contribution in [0.25, 0.3) is 0 Å². The van der Waals surface area contributed by atoms with Crippen molar-refractivity contribution in [3.05, 3.63) is 12.7 Å². The Morgan fingerprint density at radius 1 is 0.595 bits per heavy atom. The number of rotatable bonds is 24.